The van der Waals surface area contributed by atoms with Gasteiger partial charge >= 0.3 is 0 Å². The first-order valence-electron chi connectivity index (χ1n) is 8.18. The van der Waals surface area contributed by atoms with Crippen LogP contribution in [0.4, 0.5) is 11.8 Å². The van der Waals surface area contributed by atoms with Gasteiger partial charge < -0.3 is 30.2 Å². The molecule has 0 aliphatic carbocycles. The van der Waals surface area contributed by atoms with Crippen LogP contribution >= 0.6 is 0 Å². The normalized spacial score (nSPS) is 14.2. The van der Waals surface area contributed by atoms with Crippen molar-refractivity contribution in [2.45, 2.75) is 6.92 Å². The van der Waals surface area contributed by atoms with Gasteiger partial charge in [-0.15, -0.1) is 0 Å². The van der Waals surface area contributed by atoms with E-state index in [2.05, 4.69) is 20.2 Å². The maximum Gasteiger partial charge on any atom is 0.300 e. The summed E-state index contributed by atoms with van der Waals surface area (Å²) in [6, 6.07) is 5.66. The number of ether oxygens (including phenoxy) is 1. The first-order valence-corrected chi connectivity index (χ1v) is 8.18. The number of nitrogens with one attached hydrogen (secondary N) is 1. The standard InChI is InChI=1S/C15H17N5O2.C2H4O2/c1-21-9-2-3-11-10(8-9)12-13(22-11)14(19-15(16)18-12)20-6-4-17-5-7-20;1-2(3)4/h2-3,8,17H,4-7H2,1H3,(H2,16,18,19);1H3,(H,3,4). The molecule has 0 atom stereocenters. The highest BCUT2D eigenvalue weighted by molar-refractivity contribution is 6.06. The Bertz CT molecular complexity index is 930. The lowest BCUT2D eigenvalue weighted by Gasteiger charge is -2.28. The summed E-state index contributed by atoms with van der Waals surface area (Å²) in [5.74, 6) is 0.946. The predicted molar refractivity (Wildman–Crippen MR) is 98.7 cm³/mol. The molecule has 0 radical (unpaired) electrons. The highest BCUT2D eigenvalue weighted by Crippen LogP contribution is 2.35. The van der Waals surface area contributed by atoms with E-state index in [4.69, 9.17) is 24.8 Å². The zero-order valence-electron chi connectivity index (χ0n) is 14.7. The van der Waals surface area contributed by atoms with E-state index in [1.807, 2.05) is 18.2 Å². The van der Waals surface area contributed by atoms with Gasteiger partial charge in [0.25, 0.3) is 5.97 Å². The van der Waals surface area contributed by atoms with E-state index in [0.29, 0.717) is 5.58 Å². The van der Waals surface area contributed by atoms with Crippen molar-refractivity contribution in [2.24, 2.45) is 0 Å². The second kappa shape index (κ2) is 7.44. The fourth-order valence-electron chi connectivity index (χ4n) is 2.84. The number of aliphatic carboxylic acids is 1. The van der Waals surface area contributed by atoms with Crippen molar-refractivity contribution >= 4 is 39.8 Å². The van der Waals surface area contributed by atoms with Gasteiger partial charge in [0.1, 0.15) is 16.8 Å². The number of piperazine rings is 1. The molecule has 2 aromatic heterocycles. The SMILES string of the molecule is CC(=O)O.COc1ccc2oc3c(N4CCNCC4)nc(N)nc3c2c1. The van der Waals surface area contributed by atoms with Gasteiger partial charge in [0.15, 0.2) is 11.4 Å². The molecule has 1 aromatic carbocycles. The van der Waals surface area contributed by atoms with Gasteiger partial charge in [0, 0.05) is 33.1 Å². The maximum absolute atomic E-state index is 9.00. The highest BCUT2D eigenvalue weighted by atomic mass is 16.5. The molecule has 0 saturated carbocycles. The van der Waals surface area contributed by atoms with E-state index in [9.17, 15) is 0 Å². The Hall–Kier alpha value is -3.07. The lowest BCUT2D eigenvalue weighted by molar-refractivity contribution is -0.134. The van der Waals surface area contributed by atoms with Crippen molar-refractivity contribution in [1.82, 2.24) is 15.3 Å². The second-order valence-corrected chi connectivity index (χ2v) is 5.80. The molecule has 0 amide bonds. The van der Waals surface area contributed by atoms with E-state index in [0.717, 1.165) is 61.2 Å². The largest absolute Gasteiger partial charge is 0.497 e. The first-order chi connectivity index (χ1) is 12.5. The van der Waals surface area contributed by atoms with Crippen molar-refractivity contribution in [3.8, 4) is 5.75 Å². The third-order valence-electron chi connectivity index (χ3n) is 3.94. The van der Waals surface area contributed by atoms with Crippen LogP contribution in [0, 0.1) is 0 Å². The summed E-state index contributed by atoms with van der Waals surface area (Å²) in [5.41, 5.74) is 8.08. The molecule has 26 heavy (non-hydrogen) atoms. The molecule has 138 valence electrons. The zero-order chi connectivity index (χ0) is 18.7. The van der Waals surface area contributed by atoms with Gasteiger partial charge in [-0.1, -0.05) is 0 Å². The molecule has 4 N–H and O–H groups in total. The zero-order valence-corrected chi connectivity index (χ0v) is 14.7. The van der Waals surface area contributed by atoms with Crippen LogP contribution < -0.4 is 20.7 Å². The molecule has 1 saturated heterocycles. The minimum atomic E-state index is -0.833. The van der Waals surface area contributed by atoms with Gasteiger partial charge in [0.05, 0.1) is 12.5 Å². The van der Waals surface area contributed by atoms with Crippen molar-refractivity contribution in [2.75, 3.05) is 43.9 Å². The molecule has 0 unspecified atom stereocenters. The van der Waals surface area contributed by atoms with Crippen LogP contribution in [0.3, 0.4) is 0 Å². The molecule has 4 rings (SSSR count). The van der Waals surface area contributed by atoms with Gasteiger partial charge in [-0.25, -0.2) is 4.98 Å². The molecule has 1 aliphatic heterocycles. The molecule has 1 fully saturated rings. The number of nitrogen functional groups attached to an aromatic ring is 1. The first kappa shape index (κ1) is 17.7. The van der Waals surface area contributed by atoms with Crippen LogP contribution in [-0.4, -0.2) is 54.3 Å². The highest BCUT2D eigenvalue weighted by Gasteiger charge is 2.21. The average molecular weight is 359 g/mol. The predicted octanol–water partition coefficient (Wildman–Crippen LogP) is 1.47. The topological polar surface area (TPSA) is 127 Å². The minimum absolute atomic E-state index is 0.256. The van der Waals surface area contributed by atoms with Crippen molar-refractivity contribution < 1.29 is 19.1 Å². The number of furan rings is 1. The van der Waals surface area contributed by atoms with Crippen molar-refractivity contribution in [3.05, 3.63) is 18.2 Å². The summed E-state index contributed by atoms with van der Waals surface area (Å²) in [5, 5.41) is 11.6. The molecule has 0 spiro atoms. The third-order valence-corrected chi connectivity index (χ3v) is 3.94. The van der Waals surface area contributed by atoms with E-state index in [1.165, 1.54) is 0 Å². The van der Waals surface area contributed by atoms with Crippen LogP contribution in [0.5, 0.6) is 5.75 Å². The quantitative estimate of drug-likeness (QED) is 0.623. The minimum Gasteiger partial charge on any atom is -0.497 e. The summed E-state index contributed by atoms with van der Waals surface area (Å²) in [7, 11) is 1.64. The van der Waals surface area contributed by atoms with E-state index in [-0.39, 0.29) is 5.95 Å². The maximum atomic E-state index is 9.00. The molecular formula is C17H21N5O4. The number of aromatic nitrogens is 2. The lowest BCUT2D eigenvalue weighted by Crippen LogP contribution is -2.44. The molecular weight excluding hydrogens is 338 g/mol. The van der Waals surface area contributed by atoms with Gasteiger partial charge in [0.2, 0.25) is 5.95 Å². The summed E-state index contributed by atoms with van der Waals surface area (Å²) >= 11 is 0. The van der Waals surface area contributed by atoms with Crippen LogP contribution in [0.2, 0.25) is 0 Å². The lowest BCUT2D eigenvalue weighted by atomic mass is 10.2. The van der Waals surface area contributed by atoms with Crippen LogP contribution in [0.15, 0.2) is 22.6 Å². The molecule has 3 aromatic rings. The monoisotopic (exact) mass is 359 g/mol. The Morgan fingerprint density at radius 1 is 1.35 bits per heavy atom. The number of carboxylic acid groups (broad SMARTS) is 1. The summed E-state index contributed by atoms with van der Waals surface area (Å²) in [6.45, 7) is 4.65. The average Bonchev–Trinajstić information content (AvgIpc) is 2.99. The third kappa shape index (κ3) is 3.62. The number of anilines is 2. The van der Waals surface area contributed by atoms with E-state index < -0.39 is 5.97 Å². The van der Waals surface area contributed by atoms with Gasteiger partial charge in [-0.3, -0.25) is 4.79 Å². The summed E-state index contributed by atoms with van der Waals surface area (Å²) in [6.07, 6.45) is 0. The summed E-state index contributed by atoms with van der Waals surface area (Å²) in [4.78, 5) is 19.9. The Kier molecular flexibility index (Phi) is 5.08. The van der Waals surface area contributed by atoms with Crippen molar-refractivity contribution in [3.63, 3.8) is 0 Å². The fourth-order valence-corrected chi connectivity index (χ4v) is 2.84. The Morgan fingerprint density at radius 2 is 2.04 bits per heavy atom. The Labute approximate surface area is 149 Å². The number of nitrogens with zero attached hydrogens (tertiary/aromatic N) is 3. The summed E-state index contributed by atoms with van der Waals surface area (Å²) < 4.78 is 11.3. The molecule has 1 aliphatic rings. The van der Waals surface area contributed by atoms with Crippen LogP contribution in [0.1, 0.15) is 6.92 Å². The van der Waals surface area contributed by atoms with Gasteiger partial charge in [-0.05, 0) is 18.2 Å². The Morgan fingerprint density at radius 3 is 2.69 bits per heavy atom. The number of rotatable bonds is 2. The second-order valence-electron chi connectivity index (χ2n) is 5.80. The molecule has 9 heteroatoms. The van der Waals surface area contributed by atoms with Crippen LogP contribution in [0.25, 0.3) is 22.1 Å². The smallest absolute Gasteiger partial charge is 0.300 e. The number of methoxy groups -OCH3 is 1. The number of hydrogen-bond donors (Lipinski definition) is 3. The van der Waals surface area contributed by atoms with Crippen molar-refractivity contribution in [1.29, 1.82) is 0 Å². The molecule has 0 bridgehead atoms. The van der Waals surface area contributed by atoms with Crippen LogP contribution in [-0.2, 0) is 4.79 Å². The molecule has 9 nitrogen and oxygen atoms in total. The number of fused-ring (bicyclic) bond motifs is 3. The number of nitrogens with two attached hydrogens (primary N) is 1. The number of hydrogen-bond acceptors (Lipinski definition) is 8. The number of carbonyl (C=O) groups is 1. The number of carboxylic acids is 1. The fraction of sp³-hybridized carbons (Fsp3) is 0.353. The molecule has 3 heterocycles. The number of benzene rings is 1. The van der Waals surface area contributed by atoms with Gasteiger partial charge in [-0.2, -0.15) is 4.98 Å². The Balaban J connectivity index is 0.000000447. The van der Waals surface area contributed by atoms with E-state index in [1.54, 1.807) is 7.11 Å². The van der Waals surface area contributed by atoms with E-state index >= 15 is 0 Å².